The molecule has 0 spiro atoms. The molecule has 2 heterocycles. The fourth-order valence-corrected chi connectivity index (χ4v) is 2.71. The van der Waals surface area contributed by atoms with Gasteiger partial charge in [-0.1, -0.05) is 12.1 Å². The molecule has 0 radical (unpaired) electrons. The lowest BCUT2D eigenvalue weighted by Crippen LogP contribution is -1.96. The molecule has 0 amide bonds. The van der Waals surface area contributed by atoms with Crippen molar-refractivity contribution in [2.24, 2.45) is 0 Å². The van der Waals surface area contributed by atoms with Crippen molar-refractivity contribution in [2.45, 2.75) is 0 Å². The van der Waals surface area contributed by atoms with E-state index in [4.69, 9.17) is 11.6 Å². The quantitative estimate of drug-likeness (QED) is 0.320. The van der Waals surface area contributed by atoms with E-state index in [-0.39, 0.29) is 11.0 Å². The fraction of sp³-hybridized carbons (Fsp3) is 0. The molecule has 0 aliphatic carbocycles. The summed E-state index contributed by atoms with van der Waals surface area (Å²) in [5.41, 5.74) is 2.00. The Labute approximate surface area is 134 Å². The van der Waals surface area contributed by atoms with Gasteiger partial charge < -0.3 is 0 Å². The number of nitrogens with zero attached hydrogens (tertiary/aromatic N) is 5. The molecular weight excluding hydrogens is 318 g/mol. The summed E-state index contributed by atoms with van der Waals surface area (Å²) in [5, 5.41) is 20.2. The highest BCUT2D eigenvalue weighted by molar-refractivity contribution is 6.29. The van der Waals surface area contributed by atoms with Crippen LogP contribution in [0.25, 0.3) is 27.9 Å². The first kappa shape index (κ1) is 13.6. The Kier molecular flexibility index (Phi) is 2.95. The van der Waals surface area contributed by atoms with Gasteiger partial charge in [0.2, 0.25) is 5.28 Å². The molecule has 0 N–H and O–H groups in total. The molecule has 2 aromatic carbocycles. The molecule has 4 rings (SSSR count). The van der Waals surface area contributed by atoms with Crippen LogP contribution in [0.2, 0.25) is 5.28 Å². The average molecular weight is 326 g/mol. The van der Waals surface area contributed by atoms with Gasteiger partial charge in [0.05, 0.1) is 10.4 Å². The smallest absolute Gasteiger partial charge is 0.258 e. The summed E-state index contributed by atoms with van der Waals surface area (Å²) in [5.74, 6) is 0.484. The molecule has 4 aromatic rings. The van der Waals surface area contributed by atoms with E-state index in [1.165, 1.54) is 12.1 Å². The molecule has 0 atom stereocenters. The van der Waals surface area contributed by atoms with Crippen LogP contribution in [0.5, 0.6) is 0 Å². The molecule has 112 valence electrons. The molecule has 0 fully saturated rings. The summed E-state index contributed by atoms with van der Waals surface area (Å²) in [7, 11) is 0. The van der Waals surface area contributed by atoms with Crippen LogP contribution < -0.4 is 0 Å². The number of fused-ring (bicyclic) bond motifs is 3. The van der Waals surface area contributed by atoms with Gasteiger partial charge in [0.15, 0.2) is 11.5 Å². The molecule has 23 heavy (non-hydrogen) atoms. The van der Waals surface area contributed by atoms with Crippen LogP contribution in [0.4, 0.5) is 5.69 Å². The summed E-state index contributed by atoms with van der Waals surface area (Å²) in [6.07, 6.45) is 0. The Morgan fingerprint density at radius 2 is 1.78 bits per heavy atom. The molecule has 0 saturated heterocycles. The Balaban J connectivity index is 1.98. The predicted molar refractivity (Wildman–Crippen MR) is 85.4 cm³/mol. The highest BCUT2D eigenvalue weighted by atomic mass is 35.5. The zero-order chi connectivity index (χ0) is 16.0. The minimum atomic E-state index is -0.451. The molecule has 0 unspecified atom stereocenters. The topological polar surface area (TPSA) is 86.2 Å². The van der Waals surface area contributed by atoms with Crippen LogP contribution >= 0.6 is 11.6 Å². The van der Waals surface area contributed by atoms with E-state index in [1.807, 2.05) is 24.3 Å². The SMILES string of the molecule is O=[N+]([O-])c1ccc(-c2nnc3c4ccccc4nc(Cl)n23)cc1. The van der Waals surface area contributed by atoms with Gasteiger partial charge >= 0.3 is 0 Å². The van der Waals surface area contributed by atoms with E-state index < -0.39 is 4.92 Å². The first-order chi connectivity index (χ1) is 11.1. The van der Waals surface area contributed by atoms with E-state index in [1.54, 1.807) is 16.5 Å². The molecule has 0 aliphatic rings. The Bertz CT molecular complexity index is 1060. The van der Waals surface area contributed by atoms with Crippen LogP contribution in [0, 0.1) is 10.1 Å². The van der Waals surface area contributed by atoms with Crippen molar-refractivity contribution in [3.63, 3.8) is 0 Å². The number of halogens is 1. The van der Waals surface area contributed by atoms with E-state index in [0.717, 1.165) is 10.9 Å². The van der Waals surface area contributed by atoms with Gasteiger partial charge in [-0.15, -0.1) is 10.2 Å². The maximum Gasteiger partial charge on any atom is 0.269 e. The van der Waals surface area contributed by atoms with Gasteiger partial charge in [-0.25, -0.2) is 9.38 Å². The van der Waals surface area contributed by atoms with Crippen LogP contribution in [0.1, 0.15) is 0 Å². The van der Waals surface area contributed by atoms with Crippen molar-refractivity contribution in [1.29, 1.82) is 0 Å². The van der Waals surface area contributed by atoms with Gasteiger partial charge in [-0.2, -0.15) is 0 Å². The normalized spacial score (nSPS) is 11.2. The maximum absolute atomic E-state index is 10.8. The van der Waals surface area contributed by atoms with Gasteiger partial charge in [0.25, 0.3) is 5.69 Å². The van der Waals surface area contributed by atoms with E-state index >= 15 is 0 Å². The first-order valence-corrected chi connectivity index (χ1v) is 7.07. The second-order valence-corrected chi connectivity index (χ2v) is 5.22. The number of nitro benzene ring substituents is 1. The molecule has 7 nitrogen and oxygen atoms in total. The molecule has 0 saturated carbocycles. The number of nitro groups is 1. The summed E-state index contributed by atoms with van der Waals surface area (Å²) in [4.78, 5) is 14.7. The van der Waals surface area contributed by atoms with Crippen LogP contribution in [-0.4, -0.2) is 24.5 Å². The summed E-state index contributed by atoms with van der Waals surface area (Å²) >= 11 is 6.28. The van der Waals surface area contributed by atoms with E-state index in [2.05, 4.69) is 15.2 Å². The number of hydrogen-bond acceptors (Lipinski definition) is 5. The Morgan fingerprint density at radius 3 is 2.52 bits per heavy atom. The maximum atomic E-state index is 10.8. The van der Waals surface area contributed by atoms with Crippen LogP contribution in [0.3, 0.4) is 0 Å². The lowest BCUT2D eigenvalue weighted by Gasteiger charge is -2.04. The van der Waals surface area contributed by atoms with Gasteiger partial charge in [0, 0.05) is 23.1 Å². The van der Waals surface area contributed by atoms with Gasteiger partial charge in [0.1, 0.15) is 0 Å². The standard InChI is InChI=1S/C15H8ClN5O2/c16-15-17-12-4-2-1-3-11(12)14-19-18-13(20(14)15)9-5-7-10(8-6-9)21(22)23/h1-8H. The zero-order valence-electron chi connectivity index (χ0n) is 11.5. The third-order valence-electron chi connectivity index (χ3n) is 3.54. The number of rotatable bonds is 2. The molecular formula is C15H8ClN5O2. The minimum Gasteiger partial charge on any atom is -0.258 e. The molecule has 8 heteroatoms. The van der Waals surface area contributed by atoms with Crippen molar-refractivity contribution in [1.82, 2.24) is 19.6 Å². The fourth-order valence-electron chi connectivity index (χ4n) is 2.46. The van der Waals surface area contributed by atoms with Crippen molar-refractivity contribution >= 4 is 33.8 Å². The average Bonchev–Trinajstić information content (AvgIpc) is 3.01. The summed E-state index contributed by atoms with van der Waals surface area (Å²) < 4.78 is 1.63. The van der Waals surface area contributed by atoms with E-state index in [9.17, 15) is 10.1 Å². The largest absolute Gasteiger partial charge is 0.269 e. The lowest BCUT2D eigenvalue weighted by molar-refractivity contribution is -0.384. The van der Waals surface area contributed by atoms with Crippen LogP contribution in [0.15, 0.2) is 48.5 Å². The number of para-hydroxylation sites is 1. The number of hydrogen-bond donors (Lipinski definition) is 0. The monoisotopic (exact) mass is 325 g/mol. The zero-order valence-corrected chi connectivity index (χ0v) is 12.3. The lowest BCUT2D eigenvalue weighted by atomic mass is 10.2. The molecule has 0 aliphatic heterocycles. The Hall–Kier alpha value is -3.06. The second kappa shape index (κ2) is 4.99. The van der Waals surface area contributed by atoms with Crippen molar-refractivity contribution in [3.8, 4) is 11.4 Å². The van der Waals surface area contributed by atoms with Gasteiger partial charge in [-0.05, 0) is 35.9 Å². The van der Waals surface area contributed by atoms with Crippen molar-refractivity contribution < 1.29 is 4.92 Å². The highest BCUT2D eigenvalue weighted by Gasteiger charge is 2.16. The first-order valence-electron chi connectivity index (χ1n) is 6.69. The highest BCUT2D eigenvalue weighted by Crippen LogP contribution is 2.27. The molecule has 2 aromatic heterocycles. The summed E-state index contributed by atoms with van der Waals surface area (Å²) in [6.45, 7) is 0. The number of aromatic nitrogens is 4. The number of benzene rings is 2. The third kappa shape index (κ3) is 2.09. The molecule has 0 bridgehead atoms. The predicted octanol–water partition coefficient (Wildman–Crippen LogP) is 3.51. The second-order valence-electron chi connectivity index (χ2n) is 4.88. The van der Waals surface area contributed by atoms with Crippen molar-refractivity contribution in [3.05, 3.63) is 63.9 Å². The van der Waals surface area contributed by atoms with Gasteiger partial charge in [-0.3, -0.25) is 10.1 Å². The Morgan fingerprint density at radius 1 is 1.04 bits per heavy atom. The van der Waals surface area contributed by atoms with E-state index in [0.29, 0.717) is 17.0 Å². The summed E-state index contributed by atoms with van der Waals surface area (Å²) in [6, 6.07) is 13.6. The minimum absolute atomic E-state index is 0.0113. The third-order valence-corrected chi connectivity index (χ3v) is 3.80. The van der Waals surface area contributed by atoms with Crippen molar-refractivity contribution in [2.75, 3.05) is 0 Å². The number of non-ortho nitro benzene ring substituents is 1. The van der Waals surface area contributed by atoms with Crippen LogP contribution in [-0.2, 0) is 0 Å².